The van der Waals surface area contributed by atoms with E-state index in [1.54, 1.807) is 0 Å². The van der Waals surface area contributed by atoms with Crippen molar-refractivity contribution >= 4 is 5.97 Å². The highest BCUT2D eigenvalue weighted by molar-refractivity contribution is 5.87. The second-order valence-electron chi connectivity index (χ2n) is 3.93. The van der Waals surface area contributed by atoms with Crippen LogP contribution < -0.4 is 0 Å². The van der Waals surface area contributed by atoms with Crippen LogP contribution in [-0.4, -0.2) is 5.97 Å². The van der Waals surface area contributed by atoms with Gasteiger partial charge < -0.3 is 4.74 Å². The van der Waals surface area contributed by atoms with Crippen molar-refractivity contribution < 1.29 is 9.53 Å². The first kappa shape index (κ1) is 16.2. The van der Waals surface area contributed by atoms with Gasteiger partial charge in [0, 0.05) is 5.57 Å². The maximum absolute atomic E-state index is 10.9. The number of unbranched alkanes of at least 4 members (excludes halogenated alkanes) is 1. The van der Waals surface area contributed by atoms with Gasteiger partial charge in [-0.3, -0.25) is 0 Å². The summed E-state index contributed by atoms with van der Waals surface area (Å²) in [6.07, 6.45) is 3.87. The van der Waals surface area contributed by atoms with Crippen LogP contribution in [0.15, 0.2) is 55.3 Å². The molecule has 1 rings (SSSR count). The molecule has 0 spiro atoms. The van der Waals surface area contributed by atoms with Gasteiger partial charge >= 0.3 is 5.97 Å². The lowest BCUT2D eigenvalue weighted by molar-refractivity contribution is -0.133. The van der Waals surface area contributed by atoms with Crippen LogP contribution in [0.2, 0.25) is 0 Å². The third-order valence-electron chi connectivity index (χ3n) is 2.25. The Morgan fingerprint density at radius 3 is 2.33 bits per heavy atom. The molecule has 0 saturated carbocycles. The molecule has 0 N–H and O–H groups in total. The van der Waals surface area contributed by atoms with Crippen molar-refractivity contribution in [1.29, 1.82) is 0 Å². The topological polar surface area (TPSA) is 26.3 Å². The lowest BCUT2D eigenvalue weighted by Gasteiger charge is -2.00. The molecule has 0 aliphatic rings. The highest BCUT2D eigenvalue weighted by atomic mass is 16.5. The minimum Gasteiger partial charge on any atom is -0.432 e. The lowest BCUT2D eigenvalue weighted by Crippen LogP contribution is -2.02. The van der Waals surface area contributed by atoms with Crippen LogP contribution in [0.25, 0.3) is 0 Å². The Bertz CT molecular complexity index is 366. The maximum atomic E-state index is 10.9. The fourth-order valence-electron chi connectivity index (χ4n) is 1.19. The summed E-state index contributed by atoms with van der Waals surface area (Å²) < 4.78 is 4.53. The summed E-state index contributed by atoms with van der Waals surface area (Å²) in [4.78, 5) is 10.9. The highest BCUT2D eigenvalue weighted by Gasteiger charge is 2.04. The molecule has 0 fully saturated rings. The van der Waals surface area contributed by atoms with Crippen molar-refractivity contribution in [2.24, 2.45) is 0 Å². The number of benzene rings is 1. The smallest absolute Gasteiger partial charge is 0.338 e. The van der Waals surface area contributed by atoms with Crippen molar-refractivity contribution in [2.45, 2.75) is 33.1 Å². The summed E-state index contributed by atoms with van der Waals surface area (Å²) in [5.41, 5.74) is 1.84. The Kier molecular flexibility index (Phi) is 9.28. The number of rotatable bonds is 5. The standard InChI is InChI=1S/C9H14O2.C7H8/c1-4-6-7-8(3)9(10)11-5-2;1-7-5-3-2-4-6-7/h5H,2-4,6-7H2,1H3;2-6H,1H3. The number of hydrogen-bond donors (Lipinski definition) is 0. The number of ether oxygens (including phenoxy) is 1. The SMILES string of the molecule is C=COC(=O)C(=C)CCCC.Cc1ccccc1. The Morgan fingerprint density at radius 1 is 1.33 bits per heavy atom. The molecule has 0 atom stereocenters. The molecule has 2 nitrogen and oxygen atoms in total. The first-order chi connectivity index (χ1) is 8.61. The second-order valence-corrected chi connectivity index (χ2v) is 3.93. The van der Waals surface area contributed by atoms with E-state index in [2.05, 4.69) is 43.9 Å². The van der Waals surface area contributed by atoms with Gasteiger partial charge in [-0.05, 0) is 19.8 Å². The molecule has 0 aromatic heterocycles. The second kappa shape index (κ2) is 10.3. The number of aryl methyl sites for hydroxylation is 1. The van der Waals surface area contributed by atoms with Crippen LogP contribution in [0.3, 0.4) is 0 Å². The minimum atomic E-state index is -0.367. The number of carbonyl (C=O) groups excluding carboxylic acids is 1. The van der Waals surface area contributed by atoms with E-state index in [0.717, 1.165) is 19.1 Å². The lowest BCUT2D eigenvalue weighted by atomic mass is 10.1. The van der Waals surface area contributed by atoms with Crippen LogP contribution in [0.5, 0.6) is 0 Å². The Morgan fingerprint density at radius 2 is 1.94 bits per heavy atom. The molecule has 0 unspecified atom stereocenters. The molecule has 2 heteroatoms. The van der Waals surface area contributed by atoms with E-state index in [1.165, 1.54) is 5.56 Å². The predicted octanol–water partition coefficient (Wildman–Crippen LogP) is 4.41. The molecule has 0 heterocycles. The van der Waals surface area contributed by atoms with Crippen LogP contribution in [0.4, 0.5) is 0 Å². The first-order valence-corrected chi connectivity index (χ1v) is 6.13. The quantitative estimate of drug-likeness (QED) is 0.437. The van der Waals surface area contributed by atoms with Gasteiger partial charge in [-0.25, -0.2) is 4.79 Å². The molecule has 18 heavy (non-hydrogen) atoms. The van der Waals surface area contributed by atoms with Crippen LogP contribution in [-0.2, 0) is 9.53 Å². The van der Waals surface area contributed by atoms with E-state index in [1.807, 2.05) is 18.2 Å². The minimum absolute atomic E-state index is 0.367. The maximum Gasteiger partial charge on any atom is 0.338 e. The zero-order valence-electron chi connectivity index (χ0n) is 11.3. The van der Waals surface area contributed by atoms with Crippen molar-refractivity contribution in [3.05, 3.63) is 60.9 Å². The Labute approximate surface area is 110 Å². The van der Waals surface area contributed by atoms with Crippen molar-refractivity contribution in [2.75, 3.05) is 0 Å². The molecule has 0 bridgehead atoms. The molecule has 98 valence electrons. The summed E-state index contributed by atoms with van der Waals surface area (Å²) in [5, 5.41) is 0. The zero-order valence-corrected chi connectivity index (χ0v) is 11.3. The summed E-state index contributed by atoms with van der Waals surface area (Å²) in [5.74, 6) is -0.367. The van der Waals surface area contributed by atoms with Gasteiger partial charge in [-0.2, -0.15) is 0 Å². The largest absolute Gasteiger partial charge is 0.432 e. The molecule has 0 radical (unpaired) electrons. The molecule has 0 aliphatic heterocycles. The third kappa shape index (κ3) is 8.34. The third-order valence-corrected chi connectivity index (χ3v) is 2.25. The van der Waals surface area contributed by atoms with Gasteiger partial charge in [0.25, 0.3) is 0 Å². The number of esters is 1. The number of carbonyl (C=O) groups is 1. The summed E-state index contributed by atoms with van der Waals surface area (Å²) in [6.45, 7) is 11.0. The van der Waals surface area contributed by atoms with Gasteiger partial charge in [-0.1, -0.05) is 62.4 Å². The fraction of sp³-hybridized carbons (Fsp3) is 0.312. The average Bonchev–Trinajstić information content (AvgIpc) is 2.38. The van der Waals surface area contributed by atoms with Gasteiger partial charge in [0.05, 0.1) is 6.26 Å². The van der Waals surface area contributed by atoms with Crippen LogP contribution in [0.1, 0.15) is 31.7 Å². The highest BCUT2D eigenvalue weighted by Crippen LogP contribution is 2.06. The van der Waals surface area contributed by atoms with E-state index in [4.69, 9.17) is 0 Å². The van der Waals surface area contributed by atoms with Gasteiger partial charge in [-0.15, -0.1) is 0 Å². The molecule has 1 aromatic carbocycles. The van der Waals surface area contributed by atoms with Crippen molar-refractivity contribution in [3.8, 4) is 0 Å². The van der Waals surface area contributed by atoms with E-state index in [0.29, 0.717) is 12.0 Å². The Hall–Kier alpha value is -1.83. The summed E-state index contributed by atoms with van der Waals surface area (Å²) >= 11 is 0. The molecule has 1 aromatic rings. The Balaban J connectivity index is 0.000000351. The van der Waals surface area contributed by atoms with Crippen LogP contribution >= 0.6 is 0 Å². The predicted molar refractivity (Wildman–Crippen MR) is 76.1 cm³/mol. The normalized spacial score (nSPS) is 8.78. The van der Waals surface area contributed by atoms with E-state index in [9.17, 15) is 4.79 Å². The number of hydrogen-bond acceptors (Lipinski definition) is 2. The van der Waals surface area contributed by atoms with E-state index >= 15 is 0 Å². The molecular formula is C16H22O2. The molecular weight excluding hydrogens is 224 g/mol. The fourth-order valence-corrected chi connectivity index (χ4v) is 1.19. The van der Waals surface area contributed by atoms with Crippen molar-refractivity contribution in [1.82, 2.24) is 0 Å². The van der Waals surface area contributed by atoms with E-state index in [-0.39, 0.29) is 5.97 Å². The monoisotopic (exact) mass is 246 g/mol. The molecule has 0 amide bonds. The van der Waals surface area contributed by atoms with Gasteiger partial charge in [0.1, 0.15) is 0 Å². The molecule has 0 aliphatic carbocycles. The first-order valence-electron chi connectivity index (χ1n) is 6.13. The van der Waals surface area contributed by atoms with Gasteiger partial charge in [0.2, 0.25) is 0 Å². The van der Waals surface area contributed by atoms with Crippen LogP contribution in [0, 0.1) is 6.92 Å². The average molecular weight is 246 g/mol. The van der Waals surface area contributed by atoms with Crippen molar-refractivity contribution in [3.63, 3.8) is 0 Å². The zero-order chi connectivity index (χ0) is 13.8. The summed E-state index contributed by atoms with van der Waals surface area (Å²) in [7, 11) is 0. The van der Waals surface area contributed by atoms with E-state index < -0.39 is 0 Å². The van der Waals surface area contributed by atoms with Gasteiger partial charge in [0.15, 0.2) is 0 Å². The molecule has 0 saturated heterocycles. The summed E-state index contributed by atoms with van der Waals surface area (Å²) in [6, 6.07) is 10.3.